The molecule has 3 nitrogen and oxygen atoms in total. The summed E-state index contributed by atoms with van der Waals surface area (Å²) in [5.41, 5.74) is 1.42. The van der Waals surface area contributed by atoms with Crippen LogP contribution in [0.1, 0.15) is 10.5 Å². The number of alkyl halides is 1. The quantitative estimate of drug-likeness (QED) is 0.629. The first-order valence-corrected chi connectivity index (χ1v) is 4.96. The lowest BCUT2D eigenvalue weighted by molar-refractivity contribution is 0.101. The third-order valence-electron chi connectivity index (χ3n) is 1.82. The summed E-state index contributed by atoms with van der Waals surface area (Å²) in [4.78, 5) is 15.5. The maximum atomic E-state index is 11.4. The normalized spacial score (nSPS) is 9.79. The van der Waals surface area contributed by atoms with Crippen molar-refractivity contribution in [2.75, 3.05) is 5.33 Å². The molecule has 0 amide bonds. The molecular weight excluding hydrogens is 312 g/mol. The van der Waals surface area contributed by atoms with Gasteiger partial charge in [-0.1, -0.05) is 22.0 Å². The zero-order chi connectivity index (χ0) is 9.26. The van der Waals surface area contributed by atoms with E-state index in [4.69, 9.17) is 0 Å². The summed E-state index contributed by atoms with van der Waals surface area (Å²) < 4.78 is 1.78. The predicted molar refractivity (Wildman–Crippen MR) is 63.6 cm³/mol. The Balaban J connectivity index is 0.000000980. The van der Waals surface area contributed by atoms with Crippen molar-refractivity contribution in [3.63, 3.8) is 0 Å². The number of imidazole rings is 1. The summed E-state index contributed by atoms with van der Waals surface area (Å²) in [6, 6.07) is 5.63. The van der Waals surface area contributed by atoms with Gasteiger partial charge in [0, 0.05) is 6.20 Å². The molecule has 0 fully saturated rings. The summed E-state index contributed by atoms with van der Waals surface area (Å²) in [5.74, 6) is 0.0405. The number of ketones is 1. The molecule has 0 aliphatic carbocycles. The van der Waals surface area contributed by atoms with Crippen LogP contribution in [0.5, 0.6) is 0 Å². The molecule has 5 heteroatoms. The Hall–Kier alpha value is -0.680. The molecular formula is C9H8Br2N2O. The minimum Gasteiger partial charge on any atom is -0.297 e. The first-order chi connectivity index (χ1) is 6.33. The van der Waals surface area contributed by atoms with Crippen molar-refractivity contribution in [3.05, 3.63) is 36.3 Å². The van der Waals surface area contributed by atoms with Crippen molar-refractivity contribution >= 4 is 44.3 Å². The number of aromatic nitrogens is 2. The first kappa shape index (κ1) is 11.4. The maximum absolute atomic E-state index is 11.4. The van der Waals surface area contributed by atoms with Crippen LogP contribution < -0.4 is 0 Å². The second kappa shape index (κ2) is 4.70. The summed E-state index contributed by atoms with van der Waals surface area (Å²) in [7, 11) is 0. The molecule has 2 aromatic heterocycles. The largest absolute Gasteiger partial charge is 0.297 e. The van der Waals surface area contributed by atoms with Gasteiger partial charge in [0.2, 0.25) is 0 Å². The fourth-order valence-electron chi connectivity index (χ4n) is 1.21. The first-order valence-electron chi connectivity index (χ1n) is 3.84. The molecule has 0 bridgehead atoms. The molecule has 14 heavy (non-hydrogen) atoms. The number of Topliss-reactive ketones (excluding diaryl/α,β-unsaturated/α-hetero) is 1. The molecule has 0 aliphatic rings. The molecule has 0 radical (unpaired) electrons. The Morgan fingerprint density at radius 2 is 2.29 bits per heavy atom. The number of pyridine rings is 1. The Kier molecular flexibility index (Phi) is 3.83. The Bertz CT molecular complexity index is 453. The van der Waals surface area contributed by atoms with E-state index in [1.165, 1.54) is 0 Å². The molecule has 0 spiro atoms. The standard InChI is InChI=1S/C9H7BrN2O.BrH/c10-5-8(13)7-6-11-9-3-1-2-4-12(7)9;/h1-4,6H,5H2;1H. The van der Waals surface area contributed by atoms with Gasteiger partial charge in [-0.2, -0.15) is 0 Å². The number of fused-ring (bicyclic) bond motifs is 1. The second-order valence-electron chi connectivity index (χ2n) is 2.63. The highest BCUT2D eigenvalue weighted by molar-refractivity contribution is 9.09. The SMILES string of the molecule is Br.O=C(CBr)c1cnc2ccccn12. The zero-order valence-electron chi connectivity index (χ0n) is 7.18. The van der Waals surface area contributed by atoms with Gasteiger partial charge in [-0.05, 0) is 12.1 Å². The lowest BCUT2D eigenvalue weighted by Crippen LogP contribution is -2.03. The van der Waals surface area contributed by atoms with Crippen molar-refractivity contribution in [3.8, 4) is 0 Å². The van der Waals surface area contributed by atoms with Gasteiger partial charge in [0.1, 0.15) is 11.3 Å². The molecule has 2 aromatic rings. The average molecular weight is 320 g/mol. The van der Waals surface area contributed by atoms with Gasteiger partial charge in [0.15, 0.2) is 5.78 Å². The van der Waals surface area contributed by atoms with Crippen molar-refractivity contribution in [2.24, 2.45) is 0 Å². The highest BCUT2D eigenvalue weighted by Gasteiger charge is 2.09. The van der Waals surface area contributed by atoms with Crippen LogP contribution in [0.4, 0.5) is 0 Å². The molecule has 0 saturated carbocycles. The highest BCUT2D eigenvalue weighted by atomic mass is 79.9. The predicted octanol–water partition coefficient (Wildman–Crippen LogP) is 2.49. The van der Waals surface area contributed by atoms with Crippen molar-refractivity contribution in [1.82, 2.24) is 9.38 Å². The van der Waals surface area contributed by atoms with E-state index in [-0.39, 0.29) is 22.8 Å². The Morgan fingerprint density at radius 1 is 1.50 bits per heavy atom. The van der Waals surface area contributed by atoms with E-state index in [0.717, 1.165) is 5.65 Å². The van der Waals surface area contributed by atoms with Crippen LogP contribution >= 0.6 is 32.9 Å². The smallest absolute Gasteiger partial charge is 0.191 e. The van der Waals surface area contributed by atoms with E-state index in [1.54, 1.807) is 10.6 Å². The van der Waals surface area contributed by atoms with Crippen LogP contribution in [0.2, 0.25) is 0 Å². The van der Waals surface area contributed by atoms with Gasteiger partial charge in [0.25, 0.3) is 0 Å². The lowest BCUT2D eigenvalue weighted by Gasteiger charge is -1.96. The molecule has 0 aliphatic heterocycles. The molecule has 74 valence electrons. The van der Waals surface area contributed by atoms with Crippen molar-refractivity contribution in [2.45, 2.75) is 0 Å². The van der Waals surface area contributed by atoms with E-state index >= 15 is 0 Å². The minimum absolute atomic E-state index is 0. The van der Waals surface area contributed by atoms with E-state index in [2.05, 4.69) is 20.9 Å². The summed E-state index contributed by atoms with van der Waals surface area (Å²) >= 11 is 3.13. The van der Waals surface area contributed by atoms with Crippen LogP contribution in [0.15, 0.2) is 30.6 Å². The maximum Gasteiger partial charge on any atom is 0.191 e. The molecule has 0 unspecified atom stereocenters. The van der Waals surface area contributed by atoms with Crippen LogP contribution in [0, 0.1) is 0 Å². The van der Waals surface area contributed by atoms with Crippen LogP contribution in [0.25, 0.3) is 5.65 Å². The van der Waals surface area contributed by atoms with Gasteiger partial charge < -0.3 is 0 Å². The second-order valence-corrected chi connectivity index (χ2v) is 3.19. The summed E-state index contributed by atoms with van der Waals surface area (Å²) in [6.45, 7) is 0. The van der Waals surface area contributed by atoms with Crippen molar-refractivity contribution in [1.29, 1.82) is 0 Å². The summed E-state index contributed by atoms with van der Waals surface area (Å²) in [6.07, 6.45) is 3.43. The Morgan fingerprint density at radius 3 is 3.00 bits per heavy atom. The van der Waals surface area contributed by atoms with Crippen molar-refractivity contribution < 1.29 is 4.79 Å². The molecule has 0 N–H and O–H groups in total. The lowest BCUT2D eigenvalue weighted by atomic mass is 10.3. The third kappa shape index (κ3) is 1.88. The number of hydrogen-bond donors (Lipinski definition) is 0. The topological polar surface area (TPSA) is 34.4 Å². The Labute approximate surface area is 100 Å². The molecule has 0 aromatic carbocycles. The number of hydrogen-bond acceptors (Lipinski definition) is 2. The number of halogens is 2. The minimum atomic E-state index is 0. The number of rotatable bonds is 2. The van der Waals surface area contributed by atoms with E-state index in [0.29, 0.717) is 11.0 Å². The number of carbonyl (C=O) groups is 1. The van der Waals surface area contributed by atoms with Gasteiger partial charge in [0.05, 0.1) is 11.5 Å². The number of carbonyl (C=O) groups excluding carboxylic acids is 1. The molecule has 0 atom stereocenters. The molecule has 2 rings (SSSR count). The fourth-order valence-corrected chi connectivity index (χ4v) is 1.49. The van der Waals surface area contributed by atoms with Crippen LogP contribution in [0.3, 0.4) is 0 Å². The number of nitrogens with zero attached hydrogens (tertiary/aromatic N) is 2. The fraction of sp³-hybridized carbons (Fsp3) is 0.111. The van der Waals surface area contributed by atoms with E-state index in [1.807, 2.05) is 24.4 Å². The third-order valence-corrected chi connectivity index (χ3v) is 2.33. The van der Waals surface area contributed by atoms with Gasteiger partial charge >= 0.3 is 0 Å². The zero-order valence-corrected chi connectivity index (χ0v) is 10.5. The van der Waals surface area contributed by atoms with Crippen LogP contribution in [-0.4, -0.2) is 20.5 Å². The average Bonchev–Trinajstić information content (AvgIpc) is 2.60. The van der Waals surface area contributed by atoms with Gasteiger partial charge in [-0.25, -0.2) is 4.98 Å². The van der Waals surface area contributed by atoms with E-state index < -0.39 is 0 Å². The molecule has 0 saturated heterocycles. The highest BCUT2D eigenvalue weighted by Crippen LogP contribution is 2.07. The van der Waals surface area contributed by atoms with Gasteiger partial charge in [-0.15, -0.1) is 17.0 Å². The van der Waals surface area contributed by atoms with Gasteiger partial charge in [-0.3, -0.25) is 9.20 Å². The molecule has 2 heterocycles. The monoisotopic (exact) mass is 318 g/mol. The summed E-state index contributed by atoms with van der Waals surface area (Å²) in [5, 5.41) is 0.329. The van der Waals surface area contributed by atoms with E-state index in [9.17, 15) is 4.79 Å². The van der Waals surface area contributed by atoms with Crippen LogP contribution in [-0.2, 0) is 0 Å².